The number of rotatable bonds is 5. The molecule has 2 heterocycles. The smallest absolute Gasteiger partial charge is 0.274 e. The van der Waals surface area contributed by atoms with Crippen LogP contribution in [-0.4, -0.2) is 27.5 Å². The van der Waals surface area contributed by atoms with Gasteiger partial charge < -0.3 is 9.32 Å². The maximum atomic E-state index is 12.7. The molecule has 3 rings (SSSR count). The van der Waals surface area contributed by atoms with E-state index in [0.29, 0.717) is 35.3 Å². The molecule has 0 aliphatic carbocycles. The number of nitrogens with zero attached hydrogens (tertiary/aromatic N) is 2. The molecule has 0 spiro atoms. The van der Waals surface area contributed by atoms with Gasteiger partial charge in [0.05, 0.1) is 0 Å². The Kier molecular flexibility index (Phi) is 4.71. The summed E-state index contributed by atoms with van der Waals surface area (Å²) in [6.07, 6.45) is 0. The van der Waals surface area contributed by atoms with E-state index in [1.807, 2.05) is 50.2 Å². The summed E-state index contributed by atoms with van der Waals surface area (Å²) < 4.78 is 5.55. The van der Waals surface area contributed by atoms with Gasteiger partial charge in [0, 0.05) is 24.2 Å². The van der Waals surface area contributed by atoms with E-state index in [2.05, 4.69) is 10.2 Å². The number of aromatic nitrogens is 2. The molecule has 0 bridgehead atoms. The lowest BCUT2D eigenvalue weighted by Gasteiger charge is -2.20. The van der Waals surface area contributed by atoms with E-state index in [0.717, 1.165) is 11.3 Å². The summed E-state index contributed by atoms with van der Waals surface area (Å²) in [4.78, 5) is 14.4. The number of aryl methyl sites for hydroxylation is 1. The van der Waals surface area contributed by atoms with Crippen LogP contribution >= 0.6 is 11.6 Å². The van der Waals surface area contributed by atoms with Gasteiger partial charge in [0.15, 0.2) is 11.5 Å². The van der Waals surface area contributed by atoms with Gasteiger partial charge in [0.25, 0.3) is 5.91 Å². The molecule has 124 valence electrons. The van der Waals surface area contributed by atoms with Crippen molar-refractivity contribution in [2.24, 2.45) is 0 Å². The summed E-state index contributed by atoms with van der Waals surface area (Å²) in [5.41, 5.74) is 1.94. The van der Waals surface area contributed by atoms with E-state index in [1.165, 1.54) is 0 Å². The van der Waals surface area contributed by atoms with Crippen LogP contribution in [0.3, 0.4) is 0 Å². The van der Waals surface area contributed by atoms with Gasteiger partial charge in [-0.15, -0.1) is 0 Å². The van der Waals surface area contributed by atoms with Gasteiger partial charge in [0.2, 0.25) is 0 Å². The number of furan rings is 1. The second kappa shape index (κ2) is 6.93. The number of nitrogens with one attached hydrogen (secondary N) is 1. The van der Waals surface area contributed by atoms with Crippen molar-refractivity contribution in [2.45, 2.75) is 20.4 Å². The average molecular weight is 344 g/mol. The molecule has 0 aliphatic heterocycles. The fourth-order valence-corrected chi connectivity index (χ4v) is 2.65. The highest BCUT2D eigenvalue weighted by Gasteiger charge is 2.19. The monoisotopic (exact) mass is 343 g/mol. The van der Waals surface area contributed by atoms with Crippen LogP contribution < -0.4 is 0 Å². The Morgan fingerprint density at radius 1 is 1.29 bits per heavy atom. The van der Waals surface area contributed by atoms with Crippen LogP contribution in [0.1, 0.15) is 28.7 Å². The van der Waals surface area contributed by atoms with Crippen molar-refractivity contribution in [3.63, 3.8) is 0 Å². The third-order valence-electron chi connectivity index (χ3n) is 3.79. The molecule has 6 heteroatoms. The lowest BCUT2D eigenvalue weighted by atomic mass is 10.2. The molecular weight excluding hydrogens is 326 g/mol. The first-order valence-corrected chi connectivity index (χ1v) is 8.11. The molecule has 0 atom stereocenters. The topological polar surface area (TPSA) is 62.1 Å². The predicted octanol–water partition coefficient (Wildman–Crippen LogP) is 4.29. The Balaban J connectivity index is 1.79. The summed E-state index contributed by atoms with van der Waals surface area (Å²) >= 11 is 6.19. The molecule has 1 N–H and O–H groups in total. The van der Waals surface area contributed by atoms with Gasteiger partial charge in [-0.3, -0.25) is 9.89 Å². The Morgan fingerprint density at radius 2 is 2.08 bits per heavy atom. The van der Waals surface area contributed by atoms with Crippen molar-refractivity contribution in [1.29, 1.82) is 0 Å². The van der Waals surface area contributed by atoms with Crippen molar-refractivity contribution in [1.82, 2.24) is 15.1 Å². The van der Waals surface area contributed by atoms with Crippen LogP contribution in [-0.2, 0) is 6.54 Å². The lowest BCUT2D eigenvalue weighted by Crippen LogP contribution is -2.30. The SMILES string of the molecule is CCN(Cc1ccccc1Cl)C(=O)c1cc(-c2ccc(C)o2)[nH]n1. The average Bonchev–Trinajstić information content (AvgIpc) is 3.22. The number of benzene rings is 1. The van der Waals surface area contributed by atoms with Crippen LogP contribution in [0.4, 0.5) is 0 Å². The van der Waals surface area contributed by atoms with Crippen LogP contribution in [0.5, 0.6) is 0 Å². The molecule has 0 saturated heterocycles. The van der Waals surface area contributed by atoms with E-state index in [-0.39, 0.29) is 5.91 Å². The summed E-state index contributed by atoms with van der Waals surface area (Å²) in [5, 5.41) is 7.63. The minimum Gasteiger partial charge on any atom is -0.460 e. The molecule has 0 radical (unpaired) electrons. The minimum absolute atomic E-state index is 0.150. The van der Waals surface area contributed by atoms with Crippen molar-refractivity contribution < 1.29 is 9.21 Å². The minimum atomic E-state index is -0.150. The van der Waals surface area contributed by atoms with Crippen LogP contribution in [0, 0.1) is 6.92 Å². The van der Waals surface area contributed by atoms with Crippen LogP contribution in [0.2, 0.25) is 5.02 Å². The van der Waals surface area contributed by atoms with Crippen LogP contribution in [0.15, 0.2) is 46.9 Å². The molecule has 5 nitrogen and oxygen atoms in total. The molecule has 0 aliphatic rings. The largest absolute Gasteiger partial charge is 0.460 e. The molecule has 0 unspecified atom stereocenters. The lowest BCUT2D eigenvalue weighted by molar-refractivity contribution is 0.0746. The third-order valence-corrected chi connectivity index (χ3v) is 4.16. The molecular formula is C18H18ClN3O2. The Hall–Kier alpha value is -2.53. The maximum absolute atomic E-state index is 12.7. The van der Waals surface area contributed by atoms with Crippen molar-refractivity contribution in [3.8, 4) is 11.5 Å². The van der Waals surface area contributed by atoms with Gasteiger partial charge in [-0.05, 0) is 37.6 Å². The fraction of sp³-hybridized carbons (Fsp3) is 0.222. The number of halogens is 1. The second-order valence-corrected chi connectivity index (χ2v) is 5.90. The Bertz CT molecular complexity index is 853. The Labute approximate surface area is 145 Å². The van der Waals surface area contributed by atoms with Crippen LogP contribution in [0.25, 0.3) is 11.5 Å². The summed E-state index contributed by atoms with van der Waals surface area (Å²) in [5.74, 6) is 1.32. The number of hydrogen-bond acceptors (Lipinski definition) is 3. The van der Waals surface area contributed by atoms with E-state index in [4.69, 9.17) is 16.0 Å². The van der Waals surface area contributed by atoms with Gasteiger partial charge in [-0.1, -0.05) is 29.8 Å². The molecule has 0 fully saturated rings. The first-order valence-electron chi connectivity index (χ1n) is 7.73. The van der Waals surface area contributed by atoms with Gasteiger partial charge in [0.1, 0.15) is 11.5 Å². The first-order chi connectivity index (χ1) is 11.6. The molecule has 2 aromatic heterocycles. The number of amides is 1. The highest BCUT2D eigenvalue weighted by Crippen LogP contribution is 2.22. The van der Waals surface area contributed by atoms with E-state index < -0.39 is 0 Å². The third kappa shape index (κ3) is 3.36. The summed E-state index contributed by atoms with van der Waals surface area (Å²) in [6.45, 7) is 4.80. The van der Waals surface area contributed by atoms with E-state index >= 15 is 0 Å². The standard InChI is InChI=1S/C18H18ClN3O2/c1-3-22(11-13-6-4-5-7-14(13)19)18(23)16-10-15(20-21-16)17-9-8-12(2)24-17/h4-10H,3,11H2,1-2H3,(H,20,21). The maximum Gasteiger partial charge on any atom is 0.274 e. The normalized spacial score (nSPS) is 10.8. The zero-order valence-electron chi connectivity index (χ0n) is 13.5. The van der Waals surface area contributed by atoms with E-state index in [1.54, 1.807) is 11.0 Å². The van der Waals surface area contributed by atoms with Gasteiger partial charge in [-0.25, -0.2) is 0 Å². The summed E-state index contributed by atoms with van der Waals surface area (Å²) in [6, 6.07) is 12.9. The first kappa shape index (κ1) is 16.3. The van der Waals surface area contributed by atoms with Gasteiger partial charge >= 0.3 is 0 Å². The van der Waals surface area contributed by atoms with Crippen molar-refractivity contribution in [3.05, 3.63) is 64.5 Å². The predicted molar refractivity (Wildman–Crippen MR) is 92.9 cm³/mol. The fourth-order valence-electron chi connectivity index (χ4n) is 2.46. The zero-order valence-corrected chi connectivity index (χ0v) is 14.3. The number of hydrogen-bond donors (Lipinski definition) is 1. The molecule has 0 saturated carbocycles. The zero-order chi connectivity index (χ0) is 17.1. The number of carbonyl (C=O) groups excluding carboxylic acids is 1. The quantitative estimate of drug-likeness (QED) is 0.751. The highest BCUT2D eigenvalue weighted by atomic mass is 35.5. The van der Waals surface area contributed by atoms with E-state index in [9.17, 15) is 4.79 Å². The van der Waals surface area contributed by atoms with Crippen molar-refractivity contribution in [2.75, 3.05) is 6.54 Å². The molecule has 24 heavy (non-hydrogen) atoms. The number of H-pyrrole nitrogens is 1. The Morgan fingerprint density at radius 3 is 2.75 bits per heavy atom. The van der Waals surface area contributed by atoms with Gasteiger partial charge in [-0.2, -0.15) is 5.10 Å². The summed E-state index contributed by atoms with van der Waals surface area (Å²) in [7, 11) is 0. The molecule has 1 amide bonds. The second-order valence-electron chi connectivity index (χ2n) is 5.49. The number of aromatic amines is 1. The van der Waals surface area contributed by atoms with Crippen molar-refractivity contribution >= 4 is 17.5 Å². The molecule has 3 aromatic rings. The molecule has 1 aromatic carbocycles. The number of carbonyl (C=O) groups is 1. The highest BCUT2D eigenvalue weighted by molar-refractivity contribution is 6.31.